The van der Waals surface area contributed by atoms with Crippen molar-refractivity contribution in [3.8, 4) is 11.1 Å². The molecule has 0 radical (unpaired) electrons. The molecule has 0 N–H and O–H groups in total. The summed E-state index contributed by atoms with van der Waals surface area (Å²) in [4.78, 5) is 27.6. The number of hydrogen-bond acceptors (Lipinski definition) is 3. The molecule has 0 aliphatic carbocycles. The van der Waals surface area contributed by atoms with Crippen molar-refractivity contribution < 1.29 is 27.1 Å². The molecule has 1 saturated heterocycles. The number of aromatic nitrogens is 2. The van der Waals surface area contributed by atoms with Gasteiger partial charge in [-0.25, -0.2) is 4.39 Å². The zero-order chi connectivity index (χ0) is 27.8. The number of amides is 1. The summed E-state index contributed by atoms with van der Waals surface area (Å²) in [6.45, 7) is 7.24. The Hall–Kier alpha value is -2.63. The van der Waals surface area contributed by atoms with E-state index in [1.54, 1.807) is 16.8 Å². The maximum Gasteiger partial charge on any atom is 0.417 e. The molecule has 1 amide bonds. The first-order valence-corrected chi connectivity index (χ1v) is 16.4. The van der Waals surface area contributed by atoms with E-state index in [-0.39, 0.29) is 49.3 Å². The van der Waals surface area contributed by atoms with Gasteiger partial charge in [0.15, 0.2) is 0 Å². The number of hydrogen-bond donors (Lipinski definition) is 0. The van der Waals surface area contributed by atoms with E-state index < -0.39 is 42.5 Å². The first-order chi connectivity index (χ1) is 17.7. The van der Waals surface area contributed by atoms with Crippen LogP contribution in [0.5, 0.6) is 0 Å². The number of alkyl halides is 4. The minimum absolute atomic E-state index is 0.0167. The van der Waals surface area contributed by atoms with E-state index in [2.05, 4.69) is 19.6 Å². The van der Waals surface area contributed by atoms with Crippen molar-refractivity contribution in [3.63, 3.8) is 0 Å². The van der Waals surface area contributed by atoms with Gasteiger partial charge in [0.05, 0.1) is 28.0 Å². The van der Waals surface area contributed by atoms with Gasteiger partial charge in [-0.1, -0.05) is 37.3 Å². The molecule has 206 valence electrons. The molecule has 1 aliphatic rings. The van der Waals surface area contributed by atoms with Crippen LogP contribution in [0.4, 0.5) is 17.6 Å². The lowest BCUT2D eigenvalue weighted by Gasteiger charge is -2.16. The molecule has 1 fully saturated rings. The van der Waals surface area contributed by atoms with Crippen LogP contribution in [-0.2, 0) is 29.0 Å². The smallest absolute Gasteiger partial charge is 0.361 e. The maximum absolute atomic E-state index is 13.6. The van der Waals surface area contributed by atoms with Crippen molar-refractivity contribution in [1.82, 2.24) is 14.0 Å². The highest BCUT2D eigenvalue weighted by molar-refractivity contribution is 6.76. The maximum atomic E-state index is 13.6. The largest absolute Gasteiger partial charge is 0.417 e. The second kappa shape index (κ2) is 10.9. The third-order valence-corrected chi connectivity index (χ3v) is 8.64. The second-order valence-electron chi connectivity index (χ2n) is 10.8. The number of carbonyl (C=O) groups excluding carboxylic acids is 1. The van der Waals surface area contributed by atoms with Crippen molar-refractivity contribution in [2.45, 2.75) is 57.7 Å². The van der Waals surface area contributed by atoms with Gasteiger partial charge in [0.25, 0.3) is 5.56 Å². The van der Waals surface area contributed by atoms with E-state index in [1.165, 1.54) is 21.7 Å². The lowest BCUT2D eigenvalue weighted by atomic mass is 10.0. The number of rotatable bonds is 8. The number of ether oxygens (including phenoxy) is 1. The van der Waals surface area contributed by atoms with Crippen LogP contribution < -0.4 is 5.56 Å². The molecule has 12 heteroatoms. The van der Waals surface area contributed by atoms with Gasteiger partial charge in [0.1, 0.15) is 19.4 Å². The Morgan fingerprint density at radius 2 is 1.92 bits per heavy atom. The van der Waals surface area contributed by atoms with E-state index in [0.717, 1.165) is 18.2 Å². The summed E-state index contributed by atoms with van der Waals surface area (Å²) in [5, 5.41) is -0.284. The molecule has 0 bridgehead atoms. The molecule has 1 unspecified atom stereocenters. The summed E-state index contributed by atoms with van der Waals surface area (Å²) in [5.74, 6) is -0.395. The Kier molecular flexibility index (Phi) is 8.11. The van der Waals surface area contributed by atoms with Gasteiger partial charge >= 0.3 is 6.18 Å². The summed E-state index contributed by atoms with van der Waals surface area (Å²) in [5.41, 5.74) is -0.645. The van der Waals surface area contributed by atoms with Gasteiger partial charge in [-0.2, -0.15) is 13.2 Å². The van der Waals surface area contributed by atoms with Crippen molar-refractivity contribution >= 4 is 36.5 Å². The molecule has 1 atom stereocenters. The molecule has 2 aromatic heterocycles. The van der Waals surface area contributed by atoms with Gasteiger partial charge in [-0.05, 0) is 36.2 Å². The van der Waals surface area contributed by atoms with Gasteiger partial charge in [0.2, 0.25) is 5.91 Å². The van der Waals surface area contributed by atoms with Gasteiger partial charge < -0.3 is 18.8 Å². The Bertz CT molecular complexity index is 1400. The van der Waals surface area contributed by atoms with Crippen molar-refractivity contribution in [2.24, 2.45) is 0 Å². The molecule has 1 aromatic carbocycles. The molecule has 6 nitrogen and oxygen atoms in total. The Morgan fingerprint density at radius 1 is 1.18 bits per heavy atom. The minimum Gasteiger partial charge on any atom is -0.361 e. The summed E-state index contributed by atoms with van der Waals surface area (Å²) in [7, 11) is -1.34. The molecule has 3 aromatic rings. The van der Waals surface area contributed by atoms with E-state index in [4.69, 9.17) is 16.3 Å². The fourth-order valence-corrected chi connectivity index (χ4v) is 5.42. The number of likely N-dealkylation sites (tertiary alicyclic amines) is 1. The SMILES string of the molecule is C[Si](C)(C)CCOCn1cc(-c2ccc(Cl)c(C(F)(F)F)c2)c2c(=O)n(CC(=O)N3CCC(F)C3)ccc21. The van der Waals surface area contributed by atoms with Crippen LogP contribution in [0, 0.1) is 0 Å². The van der Waals surface area contributed by atoms with Gasteiger partial charge in [0, 0.05) is 39.2 Å². The van der Waals surface area contributed by atoms with E-state index in [9.17, 15) is 27.2 Å². The van der Waals surface area contributed by atoms with E-state index in [1.807, 2.05) is 0 Å². The first kappa shape index (κ1) is 28.4. The normalized spacial score (nSPS) is 16.5. The van der Waals surface area contributed by atoms with Crippen LogP contribution in [-0.4, -0.2) is 53.9 Å². The predicted molar refractivity (Wildman–Crippen MR) is 142 cm³/mol. The predicted octanol–water partition coefficient (Wildman–Crippen LogP) is 6.02. The fourth-order valence-electron chi connectivity index (χ4n) is 4.44. The van der Waals surface area contributed by atoms with Crippen LogP contribution in [0.2, 0.25) is 30.7 Å². The molecule has 0 saturated carbocycles. The summed E-state index contributed by atoms with van der Waals surface area (Å²) in [6, 6.07) is 6.06. The van der Waals surface area contributed by atoms with Crippen molar-refractivity contribution in [3.05, 3.63) is 57.6 Å². The zero-order valence-electron chi connectivity index (χ0n) is 21.4. The number of benzene rings is 1. The standard InChI is InChI=1S/C26H30ClF4N3O3Si/c1-38(2,3)11-10-37-16-34-14-19(17-4-5-21(27)20(12-17)26(29,30)31)24-22(34)7-9-33(25(24)36)15-23(35)32-8-6-18(28)13-32/h4-5,7,9,12,14,18H,6,8,10-11,13,15-16H2,1-3H3. The average Bonchev–Trinajstić information content (AvgIpc) is 3.42. The number of pyridine rings is 1. The van der Waals surface area contributed by atoms with E-state index in [0.29, 0.717) is 12.1 Å². The highest BCUT2D eigenvalue weighted by Crippen LogP contribution is 2.38. The average molecular weight is 572 g/mol. The minimum atomic E-state index is -4.68. The molecule has 1 aliphatic heterocycles. The number of fused-ring (bicyclic) bond motifs is 1. The summed E-state index contributed by atoms with van der Waals surface area (Å²) < 4.78 is 63.1. The van der Waals surface area contributed by atoms with Gasteiger partial charge in [-0.15, -0.1) is 0 Å². The summed E-state index contributed by atoms with van der Waals surface area (Å²) in [6.07, 6.45) is -2.46. The number of nitrogens with zero attached hydrogens (tertiary/aromatic N) is 3. The van der Waals surface area contributed by atoms with Crippen LogP contribution in [0.1, 0.15) is 12.0 Å². The Labute approximate surface area is 223 Å². The summed E-state index contributed by atoms with van der Waals surface area (Å²) >= 11 is 5.82. The number of halogens is 5. The molecular weight excluding hydrogens is 542 g/mol. The Morgan fingerprint density at radius 3 is 2.55 bits per heavy atom. The van der Waals surface area contributed by atoms with Gasteiger partial charge in [-0.3, -0.25) is 9.59 Å². The van der Waals surface area contributed by atoms with Crippen molar-refractivity contribution in [1.29, 1.82) is 0 Å². The molecule has 4 rings (SSSR count). The van der Waals surface area contributed by atoms with Crippen molar-refractivity contribution in [2.75, 3.05) is 19.7 Å². The second-order valence-corrected chi connectivity index (χ2v) is 16.8. The Balaban J connectivity index is 1.76. The number of carbonyl (C=O) groups is 1. The first-order valence-electron chi connectivity index (χ1n) is 12.3. The molecule has 3 heterocycles. The quantitative estimate of drug-likeness (QED) is 0.189. The fraction of sp³-hybridized carbons (Fsp3) is 0.462. The third kappa shape index (κ3) is 6.32. The van der Waals surface area contributed by atoms with Crippen LogP contribution in [0.25, 0.3) is 22.0 Å². The monoisotopic (exact) mass is 571 g/mol. The van der Waals surface area contributed by atoms with Crippen LogP contribution in [0.15, 0.2) is 41.5 Å². The third-order valence-electron chi connectivity index (χ3n) is 6.61. The van der Waals surface area contributed by atoms with Crippen LogP contribution >= 0.6 is 11.6 Å². The molecule has 38 heavy (non-hydrogen) atoms. The molecular formula is C26H30ClF4N3O3Si. The highest BCUT2D eigenvalue weighted by Gasteiger charge is 2.34. The highest BCUT2D eigenvalue weighted by atomic mass is 35.5. The zero-order valence-corrected chi connectivity index (χ0v) is 23.2. The topological polar surface area (TPSA) is 56.5 Å². The lowest BCUT2D eigenvalue weighted by molar-refractivity contribution is -0.137. The lowest BCUT2D eigenvalue weighted by Crippen LogP contribution is -2.35. The van der Waals surface area contributed by atoms with Crippen LogP contribution in [0.3, 0.4) is 0 Å². The molecule has 0 spiro atoms. The van der Waals surface area contributed by atoms with E-state index >= 15 is 0 Å².